The zero-order valence-corrected chi connectivity index (χ0v) is 10.7. The summed E-state index contributed by atoms with van der Waals surface area (Å²) in [6.07, 6.45) is 0.0730. The first kappa shape index (κ1) is 12.6. The molecule has 0 aliphatic rings. The smallest absolute Gasteiger partial charge is 0.246 e. The maximum atomic E-state index is 11.5. The number of amides is 1. The van der Waals surface area contributed by atoms with Crippen LogP contribution < -0.4 is 5.32 Å². The number of H-pyrrole nitrogens is 1. The summed E-state index contributed by atoms with van der Waals surface area (Å²) in [6, 6.07) is 10.1. The van der Waals surface area contributed by atoms with Crippen LogP contribution in [0, 0.1) is 0 Å². The third-order valence-electron chi connectivity index (χ3n) is 2.61. The highest BCUT2D eigenvalue weighted by Crippen LogP contribution is 2.14. The van der Waals surface area contributed by atoms with Crippen LogP contribution in [0.3, 0.4) is 0 Å². The summed E-state index contributed by atoms with van der Waals surface area (Å²) in [6.45, 7) is 4.42. The number of rotatable bonds is 5. The minimum absolute atomic E-state index is 0.0730. The molecule has 0 unspecified atom stereocenters. The first-order valence-electron chi connectivity index (χ1n) is 6.10. The van der Waals surface area contributed by atoms with Crippen LogP contribution in [0.25, 0.3) is 10.9 Å². The molecule has 1 heterocycles. The Labute approximate surface area is 106 Å². The Bertz CT molecular complexity index is 498. The number of benzene rings is 1. The number of nitrogens with one attached hydrogen (secondary N) is 2. The third kappa shape index (κ3) is 3.34. The lowest BCUT2D eigenvalue weighted by Gasteiger charge is -2.07. The summed E-state index contributed by atoms with van der Waals surface area (Å²) in [7, 11) is 0. The SMILES string of the molecule is CC(C)OCC(=O)NCc1cc2ccccc2[nH]1. The van der Waals surface area contributed by atoms with Gasteiger partial charge in [0.25, 0.3) is 0 Å². The van der Waals surface area contributed by atoms with Gasteiger partial charge >= 0.3 is 0 Å². The molecule has 1 aromatic heterocycles. The van der Waals surface area contributed by atoms with E-state index in [9.17, 15) is 4.79 Å². The fourth-order valence-corrected chi connectivity index (χ4v) is 1.72. The second-order valence-electron chi connectivity index (χ2n) is 4.52. The number of carbonyl (C=O) groups is 1. The standard InChI is InChI=1S/C14H18N2O2/c1-10(2)18-9-14(17)15-8-12-7-11-5-3-4-6-13(11)16-12/h3-7,10,16H,8-9H2,1-2H3,(H,15,17). The summed E-state index contributed by atoms with van der Waals surface area (Å²) in [5.74, 6) is -0.0950. The summed E-state index contributed by atoms with van der Waals surface area (Å²) < 4.78 is 5.23. The van der Waals surface area contributed by atoms with Gasteiger partial charge in [0.1, 0.15) is 6.61 Å². The van der Waals surface area contributed by atoms with Crippen molar-refractivity contribution in [2.24, 2.45) is 0 Å². The van der Waals surface area contributed by atoms with Gasteiger partial charge in [-0.15, -0.1) is 0 Å². The lowest BCUT2D eigenvalue weighted by atomic mass is 10.2. The number of hydrogen-bond donors (Lipinski definition) is 2. The number of ether oxygens (including phenoxy) is 1. The van der Waals surface area contributed by atoms with Crippen molar-refractivity contribution in [1.82, 2.24) is 10.3 Å². The molecule has 0 spiro atoms. The first-order chi connectivity index (χ1) is 8.65. The van der Waals surface area contributed by atoms with Gasteiger partial charge in [-0.25, -0.2) is 0 Å². The molecular formula is C14H18N2O2. The average Bonchev–Trinajstić information content (AvgIpc) is 2.76. The zero-order chi connectivity index (χ0) is 13.0. The van der Waals surface area contributed by atoms with Crippen molar-refractivity contribution in [2.75, 3.05) is 6.61 Å². The quantitative estimate of drug-likeness (QED) is 0.849. The molecule has 0 fully saturated rings. The average molecular weight is 246 g/mol. The van der Waals surface area contributed by atoms with Gasteiger partial charge in [0.15, 0.2) is 0 Å². The van der Waals surface area contributed by atoms with Gasteiger partial charge in [0, 0.05) is 11.2 Å². The molecule has 1 aromatic carbocycles. The summed E-state index contributed by atoms with van der Waals surface area (Å²) in [5, 5.41) is 3.97. The highest BCUT2D eigenvalue weighted by molar-refractivity contribution is 5.81. The van der Waals surface area contributed by atoms with E-state index in [0.717, 1.165) is 16.6 Å². The number of fused-ring (bicyclic) bond motifs is 1. The second-order valence-corrected chi connectivity index (χ2v) is 4.52. The number of hydrogen-bond acceptors (Lipinski definition) is 2. The van der Waals surface area contributed by atoms with E-state index in [-0.39, 0.29) is 18.6 Å². The highest BCUT2D eigenvalue weighted by atomic mass is 16.5. The predicted octanol–water partition coefficient (Wildman–Crippen LogP) is 2.21. The van der Waals surface area contributed by atoms with Crippen molar-refractivity contribution in [3.8, 4) is 0 Å². The summed E-state index contributed by atoms with van der Waals surface area (Å²) in [4.78, 5) is 14.7. The van der Waals surface area contributed by atoms with Crippen molar-refractivity contribution in [2.45, 2.75) is 26.5 Å². The number of para-hydroxylation sites is 1. The van der Waals surface area contributed by atoms with Gasteiger partial charge in [0.05, 0.1) is 12.6 Å². The molecule has 0 aliphatic heterocycles. The Hall–Kier alpha value is -1.81. The summed E-state index contributed by atoms with van der Waals surface area (Å²) >= 11 is 0. The van der Waals surface area contributed by atoms with E-state index in [0.29, 0.717) is 6.54 Å². The highest BCUT2D eigenvalue weighted by Gasteiger charge is 2.04. The molecule has 96 valence electrons. The van der Waals surface area contributed by atoms with E-state index in [1.807, 2.05) is 44.2 Å². The minimum atomic E-state index is -0.0950. The molecule has 0 aliphatic carbocycles. The molecular weight excluding hydrogens is 228 g/mol. The van der Waals surface area contributed by atoms with Gasteiger partial charge in [-0.2, -0.15) is 0 Å². The van der Waals surface area contributed by atoms with Crippen LogP contribution in [-0.2, 0) is 16.1 Å². The van der Waals surface area contributed by atoms with Crippen LogP contribution in [0.1, 0.15) is 19.5 Å². The Morgan fingerprint density at radius 3 is 2.89 bits per heavy atom. The van der Waals surface area contributed by atoms with Crippen LogP contribution in [0.4, 0.5) is 0 Å². The maximum absolute atomic E-state index is 11.5. The molecule has 0 atom stereocenters. The van der Waals surface area contributed by atoms with Crippen molar-refractivity contribution >= 4 is 16.8 Å². The molecule has 18 heavy (non-hydrogen) atoms. The largest absolute Gasteiger partial charge is 0.369 e. The van der Waals surface area contributed by atoms with Gasteiger partial charge in [-0.3, -0.25) is 4.79 Å². The lowest BCUT2D eigenvalue weighted by molar-refractivity contribution is -0.127. The lowest BCUT2D eigenvalue weighted by Crippen LogP contribution is -2.28. The van der Waals surface area contributed by atoms with Gasteiger partial charge < -0.3 is 15.0 Å². The van der Waals surface area contributed by atoms with Crippen LogP contribution in [0.5, 0.6) is 0 Å². The number of aromatic nitrogens is 1. The van der Waals surface area contributed by atoms with Crippen LogP contribution in [0.15, 0.2) is 30.3 Å². The Morgan fingerprint density at radius 2 is 2.17 bits per heavy atom. The normalized spacial score (nSPS) is 11.1. The van der Waals surface area contributed by atoms with Crippen molar-refractivity contribution in [3.63, 3.8) is 0 Å². The van der Waals surface area contributed by atoms with E-state index in [1.54, 1.807) is 0 Å². The van der Waals surface area contributed by atoms with E-state index in [2.05, 4.69) is 10.3 Å². The molecule has 4 heteroatoms. The zero-order valence-electron chi connectivity index (χ0n) is 10.7. The maximum Gasteiger partial charge on any atom is 0.246 e. The Morgan fingerprint density at radius 1 is 1.39 bits per heavy atom. The van der Waals surface area contributed by atoms with Crippen molar-refractivity contribution in [1.29, 1.82) is 0 Å². The van der Waals surface area contributed by atoms with Gasteiger partial charge in [-0.05, 0) is 31.4 Å². The predicted molar refractivity (Wildman–Crippen MR) is 71.2 cm³/mol. The minimum Gasteiger partial charge on any atom is -0.369 e. The van der Waals surface area contributed by atoms with E-state index >= 15 is 0 Å². The molecule has 2 rings (SSSR count). The monoisotopic (exact) mass is 246 g/mol. The first-order valence-corrected chi connectivity index (χ1v) is 6.10. The fraction of sp³-hybridized carbons (Fsp3) is 0.357. The number of aromatic amines is 1. The molecule has 2 aromatic rings. The molecule has 0 saturated heterocycles. The topological polar surface area (TPSA) is 54.1 Å². The van der Waals surface area contributed by atoms with Crippen molar-refractivity contribution in [3.05, 3.63) is 36.0 Å². The van der Waals surface area contributed by atoms with Gasteiger partial charge in [-0.1, -0.05) is 18.2 Å². The third-order valence-corrected chi connectivity index (χ3v) is 2.61. The number of carbonyl (C=O) groups excluding carboxylic acids is 1. The van der Waals surface area contributed by atoms with Crippen LogP contribution in [0.2, 0.25) is 0 Å². The van der Waals surface area contributed by atoms with E-state index < -0.39 is 0 Å². The molecule has 0 radical (unpaired) electrons. The Kier molecular flexibility index (Phi) is 3.99. The van der Waals surface area contributed by atoms with Crippen LogP contribution in [-0.4, -0.2) is 23.6 Å². The molecule has 0 bridgehead atoms. The van der Waals surface area contributed by atoms with Crippen molar-refractivity contribution < 1.29 is 9.53 Å². The van der Waals surface area contributed by atoms with Gasteiger partial charge in [0.2, 0.25) is 5.91 Å². The van der Waals surface area contributed by atoms with Crippen LogP contribution >= 0.6 is 0 Å². The summed E-state index contributed by atoms with van der Waals surface area (Å²) in [5.41, 5.74) is 2.08. The second kappa shape index (κ2) is 5.69. The Balaban J connectivity index is 1.88. The molecule has 4 nitrogen and oxygen atoms in total. The molecule has 1 amide bonds. The molecule has 0 saturated carbocycles. The van der Waals surface area contributed by atoms with E-state index in [1.165, 1.54) is 0 Å². The van der Waals surface area contributed by atoms with E-state index in [4.69, 9.17) is 4.74 Å². The molecule has 2 N–H and O–H groups in total. The fourth-order valence-electron chi connectivity index (χ4n) is 1.72.